The van der Waals surface area contributed by atoms with Gasteiger partial charge in [0.15, 0.2) is 0 Å². The minimum absolute atomic E-state index is 0.00623. The minimum Gasteiger partial charge on any atom is -0.481 e. The lowest BCUT2D eigenvalue weighted by Gasteiger charge is -2.29. The van der Waals surface area contributed by atoms with Crippen LogP contribution in [0.1, 0.15) is 86.5 Å². The number of carboxylic acid groups (broad SMARTS) is 3. The quantitative estimate of drug-likeness (QED) is 0.102. The van der Waals surface area contributed by atoms with Crippen LogP contribution >= 0.6 is 0 Å². The highest BCUT2D eigenvalue weighted by Gasteiger charge is 2.40. The number of rotatable bonds is 16. The summed E-state index contributed by atoms with van der Waals surface area (Å²) in [4.78, 5) is 83.4. The van der Waals surface area contributed by atoms with Crippen molar-refractivity contribution in [3.8, 4) is 0 Å². The number of esters is 3. The summed E-state index contributed by atoms with van der Waals surface area (Å²) in [5.74, 6) is -8.94. The Bertz CT molecular complexity index is 1220. The van der Waals surface area contributed by atoms with E-state index >= 15 is 0 Å². The van der Waals surface area contributed by atoms with Crippen LogP contribution in [0.3, 0.4) is 0 Å². The summed E-state index contributed by atoms with van der Waals surface area (Å²) in [6.07, 6.45) is 4.43. The fourth-order valence-corrected chi connectivity index (χ4v) is 5.14. The van der Waals surface area contributed by atoms with Crippen LogP contribution in [0.2, 0.25) is 0 Å². The Labute approximate surface area is 293 Å². The minimum atomic E-state index is -1.22. The van der Waals surface area contributed by atoms with Gasteiger partial charge in [0.2, 0.25) is 5.91 Å². The van der Waals surface area contributed by atoms with E-state index in [4.69, 9.17) is 24.4 Å². The summed E-state index contributed by atoms with van der Waals surface area (Å²) >= 11 is 0. The molecule has 4 N–H and O–H groups in total. The van der Waals surface area contributed by atoms with Crippen LogP contribution in [0.4, 0.5) is 0 Å². The van der Waals surface area contributed by atoms with E-state index in [9.17, 15) is 43.8 Å². The summed E-state index contributed by atoms with van der Waals surface area (Å²) in [5, 5.41) is 37.3. The summed E-state index contributed by atoms with van der Waals surface area (Å²) in [6, 6.07) is 0. The molecule has 1 saturated carbocycles. The average molecular weight is 714 g/mol. The Morgan fingerprint density at radius 2 is 1.14 bits per heavy atom. The van der Waals surface area contributed by atoms with E-state index in [2.05, 4.69) is 0 Å². The van der Waals surface area contributed by atoms with Crippen LogP contribution in [-0.2, 0) is 47.8 Å². The maximum Gasteiger partial charge on any atom is 0.311 e. The number of ether oxygens (including phenoxy) is 3. The number of carbonyl (C=O) groups is 7. The van der Waals surface area contributed by atoms with Gasteiger partial charge in [-0.1, -0.05) is 26.0 Å². The predicted molar refractivity (Wildman–Crippen MR) is 177 cm³/mol. The van der Waals surface area contributed by atoms with Crippen LogP contribution in [0.15, 0.2) is 12.2 Å². The van der Waals surface area contributed by atoms with E-state index in [1.54, 1.807) is 27.0 Å². The zero-order valence-corrected chi connectivity index (χ0v) is 30.2. The lowest BCUT2D eigenvalue weighted by Crippen LogP contribution is -2.41. The molecule has 0 aromatic heterocycles. The number of aliphatic carboxylic acids is 3. The highest BCUT2D eigenvalue weighted by molar-refractivity contribution is 5.85. The third-order valence-corrected chi connectivity index (χ3v) is 9.54. The number of nitrogens with zero attached hydrogens (tertiary/aromatic N) is 1. The highest BCUT2D eigenvalue weighted by atomic mass is 16.6. The molecule has 15 heteroatoms. The van der Waals surface area contributed by atoms with Crippen molar-refractivity contribution in [2.24, 2.45) is 40.4 Å². The van der Waals surface area contributed by atoms with E-state index in [0.29, 0.717) is 25.7 Å². The van der Waals surface area contributed by atoms with Gasteiger partial charge in [-0.05, 0) is 72.6 Å². The number of hydrogen-bond acceptors (Lipinski definition) is 11. The van der Waals surface area contributed by atoms with Gasteiger partial charge < -0.3 is 39.5 Å². The number of amides is 1. The SMILES string of the molecule is CCC(C)(C)C(=O)OCC(O)COC(=O)C1CC(C(=O)O)CC(C(=O)O)C1.CCC(C)(C)C(=O)OCCN(C)C(=O)C1CC=CCC1C(=O)O. The van der Waals surface area contributed by atoms with Crippen molar-refractivity contribution in [2.75, 3.05) is 33.4 Å². The number of aliphatic hydroxyl groups excluding tert-OH is 1. The van der Waals surface area contributed by atoms with Gasteiger partial charge in [0.25, 0.3) is 0 Å². The second-order valence-corrected chi connectivity index (χ2v) is 14.2. The van der Waals surface area contributed by atoms with Crippen LogP contribution < -0.4 is 0 Å². The zero-order chi connectivity index (χ0) is 38.4. The highest BCUT2D eigenvalue weighted by Crippen LogP contribution is 2.35. The second-order valence-electron chi connectivity index (χ2n) is 14.2. The molecule has 0 heterocycles. The molecule has 0 spiro atoms. The molecule has 1 amide bonds. The van der Waals surface area contributed by atoms with E-state index in [-0.39, 0.29) is 50.9 Å². The Balaban J connectivity index is 0.000000506. The van der Waals surface area contributed by atoms with Gasteiger partial charge >= 0.3 is 35.8 Å². The second kappa shape index (κ2) is 20.0. The summed E-state index contributed by atoms with van der Waals surface area (Å²) < 4.78 is 15.2. The van der Waals surface area contributed by atoms with Crippen molar-refractivity contribution in [2.45, 2.75) is 92.6 Å². The molecule has 0 aromatic rings. The Kier molecular flexibility index (Phi) is 17.6. The predicted octanol–water partition coefficient (Wildman–Crippen LogP) is 3.16. The molecule has 5 atom stereocenters. The maximum absolute atomic E-state index is 12.4. The first-order valence-corrected chi connectivity index (χ1v) is 17.0. The van der Waals surface area contributed by atoms with Crippen LogP contribution in [0.25, 0.3) is 0 Å². The smallest absolute Gasteiger partial charge is 0.311 e. The number of aliphatic hydroxyl groups is 1. The lowest BCUT2D eigenvalue weighted by atomic mass is 9.75. The largest absolute Gasteiger partial charge is 0.481 e. The van der Waals surface area contributed by atoms with E-state index in [0.717, 1.165) is 0 Å². The molecule has 50 heavy (non-hydrogen) atoms. The first-order chi connectivity index (χ1) is 23.2. The Morgan fingerprint density at radius 3 is 1.60 bits per heavy atom. The number of carbonyl (C=O) groups excluding carboxylic acids is 4. The van der Waals surface area contributed by atoms with Gasteiger partial charge in [-0.2, -0.15) is 0 Å². The van der Waals surface area contributed by atoms with Crippen LogP contribution in [0, 0.1) is 40.4 Å². The zero-order valence-electron chi connectivity index (χ0n) is 30.2. The van der Waals surface area contributed by atoms with Crippen molar-refractivity contribution in [3.05, 3.63) is 12.2 Å². The number of likely N-dealkylation sites (N-methyl/N-ethyl adjacent to an activating group) is 1. The third-order valence-electron chi connectivity index (χ3n) is 9.54. The average Bonchev–Trinajstić information content (AvgIpc) is 3.08. The Morgan fingerprint density at radius 1 is 0.700 bits per heavy atom. The molecule has 0 aromatic carbocycles. The van der Waals surface area contributed by atoms with Crippen molar-refractivity contribution in [1.29, 1.82) is 0 Å². The van der Waals surface area contributed by atoms with Gasteiger partial charge in [-0.15, -0.1) is 0 Å². The van der Waals surface area contributed by atoms with Gasteiger partial charge in [-0.25, -0.2) is 0 Å². The van der Waals surface area contributed by atoms with Crippen molar-refractivity contribution in [1.82, 2.24) is 4.90 Å². The molecule has 1 fully saturated rings. The van der Waals surface area contributed by atoms with E-state index in [1.165, 1.54) is 4.90 Å². The Hall–Kier alpha value is -4.01. The van der Waals surface area contributed by atoms with Gasteiger partial charge in [0, 0.05) is 7.05 Å². The van der Waals surface area contributed by atoms with Crippen molar-refractivity contribution < 1.29 is 68.2 Å². The molecule has 2 rings (SSSR count). The van der Waals surface area contributed by atoms with Crippen LogP contribution in [-0.4, -0.2) is 107 Å². The maximum atomic E-state index is 12.4. The molecule has 0 bridgehead atoms. The summed E-state index contributed by atoms with van der Waals surface area (Å²) in [7, 11) is 1.61. The first kappa shape index (κ1) is 44.0. The third kappa shape index (κ3) is 13.7. The van der Waals surface area contributed by atoms with Crippen molar-refractivity contribution >= 4 is 41.7 Å². The van der Waals surface area contributed by atoms with E-state index < -0.39 is 83.0 Å². The molecule has 5 unspecified atom stereocenters. The van der Waals surface area contributed by atoms with E-state index in [1.807, 2.05) is 33.8 Å². The molecular formula is C35H55NO14. The van der Waals surface area contributed by atoms with Gasteiger partial charge in [0.05, 0.1) is 47.0 Å². The molecule has 0 aliphatic heterocycles. The van der Waals surface area contributed by atoms with Crippen LogP contribution in [0.5, 0.6) is 0 Å². The molecule has 15 nitrogen and oxygen atoms in total. The molecule has 0 radical (unpaired) electrons. The molecular weight excluding hydrogens is 658 g/mol. The number of carboxylic acids is 3. The normalized spacial score (nSPS) is 22.5. The first-order valence-electron chi connectivity index (χ1n) is 17.0. The fraction of sp³-hybridized carbons (Fsp3) is 0.743. The van der Waals surface area contributed by atoms with Gasteiger partial charge in [-0.3, -0.25) is 33.6 Å². The molecule has 2 aliphatic rings. The lowest BCUT2D eigenvalue weighted by molar-refractivity contribution is -0.162. The summed E-state index contributed by atoms with van der Waals surface area (Å²) in [6.45, 7) is 10.4. The molecule has 2 aliphatic carbocycles. The molecule has 0 saturated heterocycles. The van der Waals surface area contributed by atoms with Crippen molar-refractivity contribution in [3.63, 3.8) is 0 Å². The topological polar surface area (TPSA) is 231 Å². The number of allylic oxidation sites excluding steroid dienone is 2. The fourth-order valence-electron chi connectivity index (χ4n) is 5.14. The molecule has 284 valence electrons. The standard InChI is InChI=1S/C18H28O9.C17H27NO5/c1-4-18(2,3)17(25)27-9-13(19)8-26-16(24)12-6-10(14(20)21)5-11(7-12)15(22)23;1-5-17(2,3)16(22)23-11-10-18(4)14(19)12-8-6-7-9-13(12)15(20)21/h10-13,19H,4-9H2,1-3H3,(H,20,21)(H,22,23);6-7,12-13H,5,8-11H2,1-4H3,(H,20,21). The monoisotopic (exact) mass is 713 g/mol. The van der Waals surface area contributed by atoms with Gasteiger partial charge in [0.1, 0.15) is 25.9 Å². The summed E-state index contributed by atoms with van der Waals surface area (Å²) in [5.41, 5.74) is -1.22. The number of hydrogen-bond donors (Lipinski definition) is 4.